The molecule has 2 aliphatic rings. The SMILES string of the molecule is Cn1ccnc1CN(C(=O)C1CC1c1ccc(F)cc1)c1ccc2c(c1)C(NS(=O)c1ccc(F)cc1)CCC2. The maximum atomic E-state index is 14.0. The Morgan fingerprint density at radius 3 is 2.50 bits per heavy atom. The predicted octanol–water partition coefficient (Wildman–Crippen LogP) is 5.73. The van der Waals surface area contributed by atoms with Crippen LogP contribution in [0.15, 0.2) is 84.0 Å². The van der Waals surface area contributed by atoms with Crippen LogP contribution in [0.25, 0.3) is 0 Å². The molecule has 0 spiro atoms. The lowest BCUT2D eigenvalue weighted by Gasteiger charge is -2.29. The molecule has 0 saturated heterocycles. The van der Waals surface area contributed by atoms with Gasteiger partial charge in [0.25, 0.3) is 0 Å². The van der Waals surface area contributed by atoms with Crippen LogP contribution >= 0.6 is 0 Å². The number of aromatic nitrogens is 2. The van der Waals surface area contributed by atoms with E-state index in [-0.39, 0.29) is 35.4 Å². The highest BCUT2D eigenvalue weighted by Gasteiger charge is 2.46. The second kappa shape index (κ2) is 11.1. The number of imidazole rings is 1. The third-order valence-corrected chi connectivity index (χ3v) is 9.12. The summed E-state index contributed by atoms with van der Waals surface area (Å²) in [7, 11) is 0.390. The minimum atomic E-state index is -1.51. The third kappa shape index (κ3) is 5.48. The Morgan fingerprint density at radius 1 is 1.07 bits per heavy atom. The maximum absolute atomic E-state index is 14.0. The van der Waals surface area contributed by atoms with E-state index in [1.165, 1.54) is 36.4 Å². The van der Waals surface area contributed by atoms with Crippen LogP contribution in [-0.2, 0) is 35.8 Å². The zero-order valence-electron chi connectivity index (χ0n) is 22.1. The van der Waals surface area contributed by atoms with E-state index >= 15 is 0 Å². The number of aryl methyl sites for hydroxylation is 2. The van der Waals surface area contributed by atoms with E-state index in [4.69, 9.17) is 0 Å². The minimum Gasteiger partial charge on any atom is -0.337 e. The number of anilines is 1. The van der Waals surface area contributed by atoms with Crippen LogP contribution in [0.4, 0.5) is 14.5 Å². The van der Waals surface area contributed by atoms with Gasteiger partial charge in [0.05, 0.1) is 11.4 Å². The van der Waals surface area contributed by atoms with Crippen molar-refractivity contribution in [1.82, 2.24) is 14.3 Å². The smallest absolute Gasteiger partial charge is 0.231 e. The van der Waals surface area contributed by atoms with Crippen molar-refractivity contribution >= 4 is 22.6 Å². The van der Waals surface area contributed by atoms with Gasteiger partial charge in [-0.3, -0.25) is 4.79 Å². The van der Waals surface area contributed by atoms with Gasteiger partial charge in [0.1, 0.15) is 28.4 Å². The Balaban J connectivity index is 1.29. The highest BCUT2D eigenvalue weighted by molar-refractivity contribution is 7.83. The Labute approximate surface area is 234 Å². The summed E-state index contributed by atoms with van der Waals surface area (Å²) in [4.78, 5) is 20.7. The van der Waals surface area contributed by atoms with Crippen molar-refractivity contribution in [2.75, 3.05) is 4.90 Å². The zero-order chi connectivity index (χ0) is 27.8. The van der Waals surface area contributed by atoms with Crippen molar-refractivity contribution in [3.63, 3.8) is 0 Å². The first-order valence-electron chi connectivity index (χ1n) is 13.5. The van der Waals surface area contributed by atoms with Crippen LogP contribution in [-0.4, -0.2) is 19.7 Å². The van der Waals surface area contributed by atoms with Gasteiger partial charge >= 0.3 is 0 Å². The van der Waals surface area contributed by atoms with E-state index in [1.807, 2.05) is 29.9 Å². The number of amides is 1. The summed E-state index contributed by atoms with van der Waals surface area (Å²) in [6.07, 6.45) is 6.93. The minimum absolute atomic E-state index is 0.00693. The van der Waals surface area contributed by atoms with Gasteiger partial charge in [-0.15, -0.1) is 0 Å². The van der Waals surface area contributed by atoms with Gasteiger partial charge in [0.15, 0.2) is 0 Å². The van der Waals surface area contributed by atoms with Crippen molar-refractivity contribution in [2.24, 2.45) is 13.0 Å². The lowest BCUT2D eigenvalue weighted by Crippen LogP contribution is -2.34. The molecule has 4 atom stereocenters. The Bertz CT molecular complexity index is 1550. The van der Waals surface area contributed by atoms with Gasteiger partial charge in [0, 0.05) is 37.1 Å². The van der Waals surface area contributed by atoms with Crippen molar-refractivity contribution in [1.29, 1.82) is 0 Å². The number of hydrogen-bond donors (Lipinski definition) is 1. The summed E-state index contributed by atoms with van der Waals surface area (Å²) in [6, 6.07) is 18.0. The summed E-state index contributed by atoms with van der Waals surface area (Å²) in [5.41, 5.74) is 3.90. The van der Waals surface area contributed by atoms with Crippen molar-refractivity contribution in [3.8, 4) is 0 Å². The van der Waals surface area contributed by atoms with Crippen LogP contribution in [0, 0.1) is 17.6 Å². The molecule has 206 valence electrons. The molecule has 1 aromatic heterocycles. The molecule has 2 aliphatic carbocycles. The number of hydrogen-bond acceptors (Lipinski definition) is 3. The summed E-state index contributed by atoms with van der Waals surface area (Å²) in [5, 5.41) is 0. The van der Waals surface area contributed by atoms with E-state index in [2.05, 4.69) is 15.8 Å². The summed E-state index contributed by atoms with van der Waals surface area (Å²) in [5.74, 6) is -0.0297. The molecule has 1 N–H and O–H groups in total. The molecule has 4 unspecified atom stereocenters. The van der Waals surface area contributed by atoms with Crippen molar-refractivity contribution in [2.45, 2.75) is 49.1 Å². The van der Waals surface area contributed by atoms with Gasteiger partial charge in [-0.25, -0.2) is 22.7 Å². The van der Waals surface area contributed by atoms with E-state index < -0.39 is 11.0 Å². The number of rotatable bonds is 8. The number of carbonyl (C=O) groups excluding carboxylic acids is 1. The van der Waals surface area contributed by atoms with Gasteiger partial charge in [0.2, 0.25) is 5.91 Å². The number of nitrogens with zero attached hydrogens (tertiary/aromatic N) is 3. The summed E-state index contributed by atoms with van der Waals surface area (Å²) >= 11 is 0. The number of nitrogens with one attached hydrogen (secondary N) is 1. The van der Waals surface area contributed by atoms with Crippen molar-refractivity contribution < 1.29 is 17.8 Å². The zero-order valence-corrected chi connectivity index (χ0v) is 22.9. The van der Waals surface area contributed by atoms with Gasteiger partial charge < -0.3 is 9.47 Å². The topological polar surface area (TPSA) is 67.2 Å². The standard InChI is InChI=1S/C31H30F2N4O2S/c1-36-16-15-34-30(36)19-37(31(38)28-18-26(28)21-5-8-22(32)9-6-21)24-12-7-20-3-2-4-29(27(20)17-24)35-40(39)25-13-10-23(33)11-14-25/h5-17,26,28-29,35H,2-4,18-19H2,1H3. The molecular formula is C31H30F2N4O2S. The van der Waals surface area contributed by atoms with E-state index in [0.717, 1.165) is 47.5 Å². The largest absolute Gasteiger partial charge is 0.337 e. The molecule has 1 amide bonds. The molecule has 6 rings (SSSR count). The fraction of sp³-hybridized carbons (Fsp3) is 0.290. The van der Waals surface area contributed by atoms with Crippen molar-refractivity contribution in [3.05, 3.63) is 113 Å². The van der Waals surface area contributed by atoms with Crippen LogP contribution in [0.3, 0.4) is 0 Å². The average Bonchev–Trinajstić information content (AvgIpc) is 3.66. The molecule has 0 bridgehead atoms. The average molecular weight is 561 g/mol. The fourth-order valence-corrected chi connectivity index (χ4v) is 6.59. The molecule has 4 aromatic rings. The van der Waals surface area contributed by atoms with Crippen LogP contribution in [0.5, 0.6) is 0 Å². The molecule has 0 aliphatic heterocycles. The molecule has 40 heavy (non-hydrogen) atoms. The predicted molar refractivity (Wildman–Crippen MR) is 150 cm³/mol. The Morgan fingerprint density at radius 2 is 1.80 bits per heavy atom. The summed E-state index contributed by atoms with van der Waals surface area (Å²) < 4.78 is 45.0. The van der Waals surface area contributed by atoms with E-state index in [9.17, 15) is 17.8 Å². The number of benzene rings is 3. The van der Waals surface area contributed by atoms with E-state index in [0.29, 0.717) is 17.9 Å². The highest BCUT2D eigenvalue weighted by Crippen LogP contribution is 2.49. The Kier molecular flexibility index (Phi) is 7.33. The number of carbonyl (C=O) groups is 1. The maximum Gasteiger partial charge on any atom is 0.231 e. The third-order valence-electron chi connectivity index (χ3n) is 7.92. The van der Waals surface area contributed by atoms with E-state index in [1.54, 1.807) is 23.2 Å². The quantitative estimate of drug-likeness (QED) is 0.300. The summed E-state index contributed by atoms with van der Waals surface area (Å²) in [6.45, 7) is 0.313. The van der Waals surface area contributed by atoms with Crippen LogP contribution < -0.4 is 9.62 Å². The molecule has 9 heteroatoms. The molecule has 1 heterocycles. The van der Waals surface area contributed by atoms with Gasteiger partial charge in [-0.1, -0.05) is 18.2 Å². The normalized spacial score (nSPS) is 20.5. The van der Waals surface area contributed by atoms with Crippen LogP contribution in [0.2, 0.25) is 0 Å². The first kappa shape index (κ1) is 26.5. The second-order valence-electron chi connectivity index (χ2n) is 10.5. The van der Waals surface area contributed by atoms with Gasteiger partial charge in [-0.2, -0.15) is 0 Å². The lowest BCUT2D eigenvalue weighted by atomic mass is 9.87. The molecule has 1 fully saturated rings. The molecular weight excluding hydrogens is 530 g/mol. The molecule has 1 saturated carbocycles. The van der Waals surface area contributed by atoms with Gasteiger partial charge in [-0.05, 0) is 96.8 Å². The first-order chi connectivity index (χ1) is 19.4. The highest BCUT2D eigenvalue weighted by atomic mass is 32.2. The molecule has 3 aromatic carbocycles. The lowest BCUT2D eigenvalue weighted by molar-refractivity contribution is -0.120. The Hall–Kier alpha value is -3.69. The first-order valence-corrected chi connectivity index (χ1v) is 14.6. The molecule has 0 radical (unpaired) electrons. The monoisotopic (exact) mass is 560 g/mol. The number of halogens is 2. The number of fused-ring (bicyclic) bond motifs is 1. The fourth-order valence-electron chi connectivity index (χ4n) is 5.57. The molecule has 6 nitrogen and oxygen atoms in total. The second-order valence-corrected chi connectivity index (χ2v) is 11.8. The van der Waals surface area contributed by atoms with Crippen LogP contribution in [0.1, 0.15) is 53.7 Å².